The van der Waals surface area contributed by atoms with Gasteiger partial charge in [0.25, 0.3) is 0 Å². The lowest BCUT2D eigenvalue weighted by atomic mass is 10.2. The summed E-state index contributed by atoms with van der Waals surface area (Å²) in [6.45, 7) is 0. The van der Waals surface area contributed by atoms with Crippen molar-refractivity contribution in [2.45, 2.75) is 11.3 Å². The SMILES string of the molecule is Nc1ccc(SCCc2cccnc2)cc1. The number of anilines is 1. The Bertz CT molecular complexity index is 425. The van der Waals surface area contributed by atoms with Gasteiger partial charge in [0, 0.05) is 28.7 Å². The highest BCUT2D eigenvalue weighted by molar-refractivity contribution is 7.99. The van der Waals surface area contributed by atoms with Crippen LogP contribution in [-0.2, 0) is 6.42 Å². The maximum atomic E-state index is 5.63. The van der Waals surface area contributed by atoms with Crippen LogP contribution in [0.3, 0.4) is 0 Å². The van der Waals surface area contributed by atoms with E-state index in [1.165, 1.54) is 10.5 Å². The van der Waals surface area contributed by atoms with Crippen LogP contribution in [0.2, 0.25) is 0 Å². The first-order chi connectivity index (χ1) is 7.84. The van der Waals surface area contributed by atoms with E-state index in [4.69, 9.17) is 5.73 Å². The van der Waals surface area contributed by atoms with Gasteiger partial charge in [-0.15, -0.1) is 11.8 Å². The van der Waals surface area contributed by atoms with Gasteiger partial charge in [-0.05, 0) is 42.3 Å². The number of nitrogens with two attached hydrogens (primary N) is 1. The molecule has 0 spiro atoms. The molecule has 0 bridgehead atoms. The number of thioether (sulfide) groups is 1. The molecule has 3 heteroatoms. The molecule has 2 aromatic rings. The molecule has 0 aliphatic rings. The quantitative estimate of drug-likeness (QED) is 0.648. The predicted octanol–water partition coefficient (Wildman–Crippen LogP) is 3.00. The summed E-state index contributed by atoms with van der Waals surface area (Å²) in [7, 11) is 0. The summed E-state index contributed by atoms with van der Waals surface area (Å²) in [4.78, 5) is 5.36. The van der Waals surface area contributed by atoms with Crippen LogP contribution in [0.1, 0.15) is 5.56 Å². The summed E-state index contributed by atoms with van der Waals surface area (Å²) in [5, 5.41) is 0. The molecule has 2 nitrogen and oxygen atoms in total. The van der Waals surface area contributed by atoms with Crippen molar-refractivity contribution in [2.24, 2.45) is 0 Å². The Hall–Kier alpha value is -1.48. The van der Waals surface area contributed by atoms with Crippen molar-refractivity contribution < 1.29 is 0 Å². The van der Waals surface area contributed by atoms with E-state index in [0.717, 1.165) is 17.9 Å². The molecular weight excluding hydrogens is 216 g/mol. The van der Waals surface area contributed by atoms with Crippen LogP contribution in [0.5, 0.6) is 0 Å². The van der Waals surface area contributed by atoms with Gasteiger partial charge in [0.1, 0.15) is 0 Å². The second-order valence-electron chi connectivity index (χ2n) is 3.53. The second kappa shape index (κ2) is 5.56. The number of hydrogen-bond donors (Lipinski definition) is 1. The minimum atomic E-state index is 0.816. The largest absolute Gasteiger partial charge is 0.399 e. The number of rotatable bonds is 4. The Labute approximate surface area is 99.9 Å². The van der Waals surface area contributed by atoms with E-state index in [-0.39, 0.29) is 0 Å². The maximum absolute atomic E-state index is 5.63. The third-order valence-corrected chi connectivity index (χ3v) is 3.28. The fourth-order valence-electron chi connectivity index (χ4n) is 1.40. The van der Waals surface area contributed by atoms with Crippen molar-refractivity contribution in [2.75, 3.05) is 11.5 Å². The Morgan fingerprint density at radius 3 is 2.62 bits per heavy atom. The molecule has 0 aliphatic heterocycles. The molecule has 0 saturated heterocycles. The summed E-state index contributed by atoms with van der Waals surface area (Å²) >= 11 is 1.84. The lowest BCUT2D eigenvalue weighted by molar-refractivity contribution is 1.11. The summed E-state index contributed by atoms with van der Waals surface area (Å²) < 4.78 is 0. The van der Waals surface area contributed by atoms with Crippen LogP contribution in [-0.4, -0.2) is 10.7 Å². The Kier molecular flexibility index (Phi) is 3.83. The first kappa shape index (κ1) is 11.0. The fraction of sp³-hybridized carbons (Fsp3) is 0.154. The van der Waals surface area contributed by atoms with E-state index in [2.05, 4.69) is 23.2 Å². The third-order valence-electron chi connectivity index (χ3n) is 2.26. The van der Waals surface area contributed by atoms with E-state index < -0.39 is 0 Å². The van der Waals surface area contributed by atoms with E-state index in [9.17, 15) is 0 Å². The molecule has 1 heterocycles. The van der Waals surface area contributed by atoms with Crippen molar-refractivity contribution >= 4 is 17.4 Å². The molecule has 82 valence electrons. The number of nitrogens with zero attached hydrogens (tertiary/aromatic N) is 1. The molecule has 16 heavy (non-hydrogen) atoms. The molecule has 2 rings (SSSR count). The Balaban J connectivity index is 1.82. The number of aromatic nitrogens is 1. The van der Waals surface area contributed by atoms with Crippen LogP contribution in [0.4, 0.5) is 5.69 Å². The highest BCUT2D eigenvalue weighted by Gasteiger charge is 1.95. The van der Waals surface area contributed by atoms with Gasteiger partial charge in [-0.2, -0.15) is 0 Å². The maximum Gasteiger partial charge on any atom is 0.0314 e. The summed E-state index contributed by atoms with van der Waals surface area (Å²) in [5.41, 5.74) is 7.73. The highest BCUT2D eigenvalue weighted by Crippen LogP contribution is 2.20. The summed E-state index contributed by atoms with van der Waals surface area (Å²) in [6, 6.07) is 12.1. The van der Waals surface area contributed by atoms with Crippen molar-refractivity contribution in [3.05, 3.63) is 54.4 Å². The monoisotopic (exact) mass is 230 g/mol. The van der Waals surface area contributed by atoms with Crippen LogP contribution < -0.4 is 5.73 Å². The molecule has 2 N–H and O–H groups in total. The number of nitrogen functional groups attached to an aromatic ring is 1. The second-order valence-corrected chi connectivity index (χ2v) is 4.70. The van der Waals surface area contributed by atoms with Crippen molar-refractivity contribution in [3.63, 3.8) is 0 Å². The number of aryl methyl sites for hydroxylation is 1. The van der Waals surface area contributed by atoms with Crippen LogP contribution >= 0.6 is 11.8 Å². The Morgan fingerprint density at radius 1 is 1.12 bits per heavy atom. The Morgan fingerprint density at radius 2 is 1.94 bits per heavy atom. The van der Waals surface area contributed by atoms with Crippen molar-refractivity contribution in [3.8, 4) is 0 Å². The van der Waals surface area contributed by atoms with Crippen LogP contribution in [0.15, 0.2) is 53.7 Å². The molecule has 0 aliphatic carbocycles. The first-order valence-corrected chi connectivity index (χ1v) is 6.20. The lowest BCUT2D eigenvalue weighted by Crippen LogP contribution is -1.89. The smallest absolute Gasteiger partial charge is 0.0314 e. The topological polar surface area (TPSA) is 38.9 Å². The molecular formula is C13H14N2S. The number of benzene rings is 1. The minimum Gasteiger partial charge on any atom is -0.399 e. The first-order valence-electron chi connectivity index (χ1n) is 5.22. The van der Waals surface area contributed by atoms with Crippen molar-refractivity contribution in [1.29, 1.82) is 0 Å². The van der Waals surface area contributed by atoms with Crippen molar-refractivity contribution in [1.82, 2.24) is 4.98 Å². The van der Waals surface area contributed by atoms with E-state index in [0.29, 0.717) is 0 Å². The molecule has 0 atom stereocenters. The molecule has 0 fully saturated rings. The standard InChI is InChI=1S/C13H14N2S/c14-12-3-5-13(6-4-12)16-9-7-11-2-1-8-15-10-11/h1-6,8,10H,7,9,14H2. The van der Waals surface area contributed by atoms with Gasteiger partial charge in [0.05, 0.1) is 0 Å². The van der Waals surface area contributed by atoms with Gasteiger partial charge >= 0.3 is 0 Å². The average molecular weight is 230 g/mol. The van der Waals surface area contributed by atoms with Gasteiger partial charge < -0.3 is 5.73 Å². The third kappa shape index (κ3) is 3.28. The van der Waals surface area contributed by atoms with E-state index in [1.54, 1.807) is 6.20 Å². The van der Waals surface area contributed by atoms with Gasteiger partial charge in [0.15, 0.2) is 0 Å². The molecule has 0 saturated carbocycles. The van der Waals surface area contributed by atoms with Crippen LogP contribution in [0.25, 0.3) is 0 Å². The predicted molar refractivity (Wildman–Crippen MR) is 69.5 cm³/mol. The summed E-state index contributed by atoms with van der Waals surface area (Å²) in [6.07, 6.45) is 4.77. The fourth-order valence-corrected chi connectivity index (χ4v) is 2.30. The molecule has 0 unspecified atom stereocenters. The van der Waals surface area contributed by atoms with E-state index in [1.807, 2.05) is 36.2 Å². The zero-order chi connectivity index (χ0) is 11.2. The molecule has 1 aromatic carbocycles. The summed E-state index contributed by atoms with van der Waals surface area (Å²) in [5.74, 6) is 1.07. The van der Waals surface area contributed by atoms with Gasteiger partial charge in [-0.3, -0.25) is 4.98 Å². The zero-order valence-electron chi connectivity index (χ0n) is 8.97. The minimum absolute atomic E-state index is 0.816. The lowest BCUT2D eigenvalue weighted by Gasteiger charge is -2.02. The molecule has 0 radical (unpaired) electrons. The van der Waals surface area contributed by atoms with Gasteiger partial charge in [-0.25, -0.2) is 0 Å². The zero-order valence-corrected chi connectivity index (χ0v) is 9.78. The van der Waals surface area contributed by atoms with Gasteiger partial charge in [-0.1, -0.05) is 6.07 Å². The highest BCUT2D eigenvalue weighted by atomic mass is 32.2. The van der Waals surface area contributed by atoms with E-state index >= 15 is 0 Å². The normalized spacial score (nSPS) is 10.2. The molecule has 0 amide bonds. The number of pyridine rings is 1. The van der Waals surface area contributed by atoms with Gasteiger partial charge in [0.2, 0.25) is 0 Å². The number of hydrogen-bond acceptors (Lipinski definition) is 3. The average Bonchev–Trinajstić information content (AvgIpc) is 2.33. The van der Waals surface area contributed by atoms with Crippen LogP contribution in [0, 0.1) is 0 Å². The molecule has 1 aromatic heterocycles.